The number of nitrogens with two attached hydrogens (primary N) is 1. The lowest BCUT2D eigenvalue weighted by atomic mass is 10.1. The van der Waals surface area contributed by atoms with E-state index in [0.29, 0.717) is 0 Å². The van der Waals surface area contributed by atoms with Gasteiger partial charge in [0.2, 0.25) is 0 Å². The molecule has 1 aromatic heterocycles. The molecule has 100 valence electrons. The van der Waals surface area contributed by atoms with Crippen LogP contribution in [0, 0.1) is 6.92 Å². The maximum absolute atomic E-state index is 11.2. The summed E-state index contributed by atoms with van der Waals surface area (Å²) in [6.45, 7) is 7.92. The van der Waals surface area contributed by atoms with E-state index in [1.54, 1.807) is 6.07 Å². The third kappa shape index (κ3) is 3.02. The van der Waals surface area contributed by atoms with Gasteiger partial charge >= 0.3 is 0 Å². The van der Waals surface area contributed by atoms with Gasteiger partial charge < -0.3 is 10.5 Å². The number of primary amides is 1. The molecular formula is C15H18N2O2. The first-order chi connectivity index (χ1) is 8.76. The van der Waals surface area contributed by atoms with Crippen LogP contribution < -0.4 is 10.5 Å². The number of carbonyl (C=O) groups is 1. The molecule has 0 aliphatic carbocycles. The molecule has 2 N–H and O–H groups in total. The van der Waals surface area contributed by atoms with E-state index in [1.165, 1.54) is 0 Å². The summed E-state index contributed by atoms with van der Waals surface area (Å²) in [7, 11) is 0. The average Bonchev–Trinajstić information content (AvgIpc) is 2.27. The van der Waals surface area contributed by atoms with Crippen LogP contribution in [0.25, 0.3) is 10.9 Å². The molecule has 0 atom stereocenters. The van der Waals surface area contributed by atoms with Gasteiger partial charge in [-0.05, 0) is 57.5 Å². The number of hydrogen-bond donors (Lipinski definition) is 1. The van der Waals surface area contributed by atoms with E-state index in [0.717, 1.165) is 22.2 Å². The zero-order valence-electron chi connectivity index (χ0n) is 11.7. The van der Waals surface area contributed by atoms with Gasteiger partial charge in [0.25, 0.3) is 5.91 Å². The molecule has 0 fully saturated rings. The van der Waals surface area contributed by atoms with Crippen molar-refractivity contribution in [2.24, 2.45) is 5.73 Å². The van der Waals surface area contributed by atoms with Crippen molar-refractivity contribution in [2.45, 2.75) is 33.3 Å². The molecule has 0 aliphatic heterocycles. The minimum Gasteiger partial charge on any atom is -0.488 e. The van der Waals surface area contributed by atoms with E-state index in [2.05, 4.69) is 4.98 Å². The summed E-state index contributed by atoms with van der Waals surface area (Å²) in [4.78, 5) is 15.4. The van der Waals surface area contributed by atoms with Gasteiger partial charge in [-0.15, -0.1) is 0 Å². The highest BCUT2D eigenvalue weighted by Crippen LogP contribution is 2.25. The van der Waals surface area contributed by atoms with Crippen molar-refractivity contribution in [1.29, 1.82) is 0 Å². The molecule has 4 heteroatoms. The molecular weight excluding hydrogens is 240 g/mol. The first kappa shape index (κ1) is 13.3. The molecule has 0 radical (unpaired) electrons. The fraction of sp³-hybridized carbons (Fsp3) is 0.333. The number of nitrogens with zero attached hydrogens (tertiary/aromatic N) is 1. The van der Waals surface area contributed by atoms with Gasteiger partial charge in [-0.3, -0.25) is 4.79 Å². The predicted octanol–water partition coefficient (Wildman–Crippen LogP) is 2.82. The van der Waals surface area contributed by atoms with E-state index < -0.39 is 5.91 Å². The molecule has 0 saturated carbocycles. The Balaban J connectivity index is 2.52. The van der Waals surface area contributed by atoms with Gasteiger partial charge in [-0.25, -0.2) is 4.98 Å². The Labute approximate surface area is 112 Å². The van der Waals surface area contributed by atoms with Crippen LogP contribution in [-0.4, -0.2) is 16.5 Å². The third-order valence-electron chi connectivity index (χ3n) is 2.66. The average molecular weight is 258 g/mol. The number of fused-ring (bicyclic) bond motifs is 1. The second-order valence-corrected chi connectivity index (χ2v) is 5.58. The van der Waals surface area contributed by atoms with Gasteiger partial charge in [0.1, 0.15) is 17.0 Å². The van der Waals surface area contributed by atoms with Crippen LogP contribution in [0.5, 0.6) is 5.75 Å². The topological polar surface area (TPSA) is 65.2 Å². The lowest BCUT2D eigenvalue weighted by molar-refractivity contribution is 0.0996. The van der Waals surface area contributed by atoms with Crippen molar-refractivity contribution < 1.29 is 9.53 Å². The maximum atomic E-state index is 11.2. The zero-order valence-corrected chi connectivity index (χ0v) is 11.7. The smallest absolute Gasteiger partial charge is 0.267 e. The Hall–Kier alpha value is -2.10. The van der Waals surface area contributed by atoms with E-state index in [4.69, 9.17) is 10.5 Å². The van der Waals surface area contributed by atoms with Crippen molar-refractivity contribution in [3.05, 3.63) is 35.5 Å². The second-order valence-electron chi connectivity index (χ2n) is 5.58. The van der Waals surface area contributed by atoms with Crippen molar-refractivity contribution >= 4 is 16.8 Å². The first-order valence-electron chi connectivity index (χ1n) is 6.16. The highest BCUT2D eigenvalue weighted by atomic mass is 16.5. The summed E-state index contributed by atoms with van der Waals surface area (Å²) >= 11 is 0. The molecule has 1 heterocycles. The summed E-state index contributed by atoms with van der Waals surface area (Å²) in [6, 6.07) is 7.33. The Bertz CT molecular complexity index is 642. The quantitative estimate of drug-likeness (QED) is 0.900. The molecule has 4 nitrogen and oxygen atoms in total. The number of aromatic nitrogens is 1. The number of amides is 1. The minimum absolute atomic E-state index is 0.248. The van der Waals surface area contributed by atoms with E-state index in [1.807, 2.05) is 45.9 Å². The standard InChI is InChI=1S/C15H18N2O2/c1-9-7-13(14(16)18)17-12-6-5-10(8-11(9)12)19-15(2,3)4/h5-8H,1-4H3,(H2,16,18). The third-order valence-corrected chi connectivity index (χ3v) is 2.66. The zero-order chi connectivity index (χ0) is 14.2. The van der Waals surface area contributed by atoms with Crippen LogP contribution in [0.15, 0.2) is 24.3 Å². The Morgan fingerprint density at radius 2 is 1.95 bits per heavy atom. The highest BCUT2D eigenvalue weighted by Gasteiger charge is 2.13. The van der Waals surface area contributed by atoms with Crippen molar-refractivity contribution in [3.8, 4) is 5.75 Å². The summed E-state index contributed by atoms with van der Waals surface area (Å²) in [5.41, 5.74) is 7.00. The minimum atomic E-state index is -0.514. The van der Waals surface area contributed by atoms with Gasteiger partial charge in [-0.2, -0.15) is 0 Å². The number of pyridine rings is 1. The molecule has 1 amide bonds. The fourth-order valence-corrected chi connectivity index (χ4v) is 1.92. The number of benzene rings is 1. The molecule has 0 unspecified atom stereocenters. The van der Waals surface area contributed by atoms with E-state index >= 15 is 0 Å². The van der Waals surface area contributed by atoms with Crippen molar-refractivity contribution in [1.82, 2.24) is 4.98 Å². The fourth-order valence-electron chi connectivity index (χ4n) is 1.92. The molecule has 0 bridgehead atoms. The Kier molecular flexibility index (Phi) is 3.18. The Morgan fingerprint density at radius 1 is 1.26 bits per heavy atom. The van der Waals surface area contributed by atoms with Gasteiger partial charge in [-0.1, -0.05) is 0 Å². The molecule has 0 aliphatic rings. The number of carbonyl (C=O) groups excluding carboxylic acids is 1. The van der Waals surface area contributed by atoms with Gasteiger partial charge in [0.05, 0.1) is 5.52 Å². The monoisotopic (exact) mass is 258 g/mol. The van der Waals surface area contributed by atoms with Gasteiger partial charge in [0, 0.05) is 5.39 Å². The van der Waals surface area contributed by atoms with Crippen LogP contribution in [0.4, 0.5) is 0 Å². The summed E-state index contributed by atoms with van der Waals surface area (Å²) in [5.74, 6) is 0.275. The highest BCUT2D eigenvalue weighted by molar-refractivity contribution is 5.95. The lowest BCUT2D eigenvalue weighted by Gasteiger charge is -2.21. The summed E-state index contributed by atoms with van der Waals surface area (Å²) < 4.78 is 5.82. The molecule has 1 aromatic carbocycles. The normalized spacial score (nSPS) is 11.6. The number of rotatable bonds is 2. The van der Waals surface area contributed by atoms with Crippen LogP contribution >= 0.6 is 0 Å². The van der Waals surface area contributed by atoms with E-state index in [-0.39, 0.29) is 11.3 Å². The lowest BCUT2D eigenvalue weighted by Crippen LogP contribution is -2.22. The van der Waals surface area contributed by atoms with Crippen LogP contribution in [0.1, 0.15) is 36.8 Å². The number of hydrogen-bond acceptors (Lipinski definition) is 3. The molecule has 2 rings (SSSR count). The number of aryl methyl sites for hydroxylation is 1. The molecule has 19 heavy (non-hydrogen) atoms. The maximum Gasteiger partial charge on any atom is 0.267 e. The van der Waals surface area contributed by atoms with Gasteiger partial charge in [0.15, 0.2) is 0 Å². The largest absolute Gasteiger partial charge is 0.488 e. The van der Waals surface area contributed by atoms with Crippen molar-refractivity contribution in [3.63, 3.8) is 0 Å². The molecule has 0 spiro atoms. The van der Waals surface area contributed by atoms with E-state index in [9.17, 15) is 4.79 Å². The number of ether oxygens (including phenoxy) is 1. The molecule has 2 aromatic rings. The van der Waals surface area contributed by atoms with Crippen LogP contribution in [0.3, 0.4) is 0 Å². The first-order valence-corrected chi connectivity index (χ1v) is 6.16. The van der Waals surface area contributed by atoms with Crippen LogP contribution in [0.2, 0.25) is 0 Å². The summed E-state index contributed by atoms with van der Waals surface area (Å²) in [5, 5.41) is 0.965. The van der Waals surface area contributed by atoms with Crippen molar-refractivity contribution in [2.75, 3.05) is 0 Å². The van der Waals surface area contributed by atoms with Crippen LogP contribution in [-0.2, 0) is 0 Å². The molecule has 0 saturated heterocycles. The summed E-state index contributed by atoms with van der Waals surface area (Å²) in [6.07, 6.45) is 0. The Morgan fingerprint density at radius 3 is 2.53 bits per heavy atom. The SMILES string of the molecule is Cc1cc(C(N)=O)nc2ccc(OC(C)(C)C)cc12. The predicted molar refractivity (Wildman–Crippen MR) is 75.4 cm³/mol. The second kappa shape index (κ2) is 4.53.